The molecular weight excluding hydrogens is 224 g/mol. The first-order valence-electron chi connectivity index (χ1n) is 6.56. The van der Waals surface area contributed by atoms with Gasteiger partial charge in [-0.1, -0.05) is 45.4 Å². The first-order chi connectivity index (χ1) is 8.25. The average molecular weight is 248 g/mol. The average Bonchev–Trinajstić information content (AvgIpc) is 2.28. The molecule has 2 heteroatoms. The maximum Gasteiger partial charge on any atom is 0.172 e. The topological polar surface area (TPSA) is 26.3 Å². The van der Waals surface area contributed by atoms with E-state index in [0.717, 1.165) is 11.3 Å². The van der Waals surface area contributed by atoms with Gasteiger partial charge in [0.2, 0.25) is 0 Å². The van der Waals surface area contributed by atoms with E-state index in [-0.39, 0.29) is 17.3 Å². The molecule has 0 saturated carbocycles. The number of aryl methyl sites for hydroxylation is 1. The Bertz CT molecular complexity index is 427. The first kappa shape index (κ1) is 14.7. The van der Waals surface area contributed by atoms with Crippen molar-refractivity contribution in [3.8, 4) is 5.75 Å². The largest absolute Gasteiger partial charge is 0.483 e. The molecule has 1 atom stereocenters. The van der Waals surface area contributed by atoms with Gasteiger partial charge in [0.05, 0.1) is 0 Å². The molecule has 18 heavy (non-hydrogen) atoms. The SMILES string of the molecule is CCC(=O)C(C)Oc1ccc(C)cc1C(C)(C)C. The Morgan fingerprint density at radius 1 is 1.33 bits per heavy atom. The Balaban J connectivity index is 3.06. The normalized spacial score (nSPS) is 13.2. The minimum atomic E-state index is -0.376. The zero-order chi connectivity index (χ0) is 13.9. The van der Waals surface area contributed by atoms with Crippen LogP contribution in [-0.2, 0) is 10.2 Å². The molecule has 100 valence electrons. The van der Waals surface area contributed by atoms with E-state index in [4.69, 9.17) is 4.74 Å². The molecule has 1 aromatic rings. The van der Waals surface area contributed by atoms with Gasteiger partial charge in [-0.05, 0) is 30.9 Å². The zero-order valence-corrected chi connectivity index (χ0v) is 12.3. The highest BCUT2D eigenvalue weighted by Crippen LogP contribution is 2.32. The summed E-state index contributed by atoms with van der Waals surface area (Å²) in [5.74, 6) is 0.956. The lowest BCUT2D eigenvalue weighted by Gasteiger charge is -2.25. The molecule has 2 nitrogen and oxygen atoms in total. The molecule has 0 aliphatic carbocycles. The number of rotatable bonds is 4. The van der Waals surface area contributed by atoms with E-state index in [9.17, 15) is 4.79 Å². The third kappa shape index (κ3) is 3.59. The van der Waals surface area contributed by atoms with Crippen molar-refractivity contribution in [3.63, 3.8) is 0 Å². The van der Waals surface area contributed by atoms with E-state index < -0.39 is 0 Å². The van der Waals surface area contributed by atoms with Crippen molar-refractivity contribution < 1.29 is 9.53 Å². The van der Waals surface area contributed by atoms with Crippen LogP contribution in [-0.4, -0.2) is 11.9 Å². The van der Waals surface area contributed by atoms with Crippen LogP contribution in [0, 0.1) is 6.92 Å². The minimum Gasteiger partial charge on any atom is -0.483 e. The van der Waals surface area contributed by atoms with Gasteiger partial charge < -0.3 is 4.74 Å². The Morgan fingerprint density at radius 3 is 2.44 bits per heavy atom. The molecule has 0 spiro atoms. The quantitative estimate of drug-likeness (QED) is 0.804. The zero-order valence-electron chi connectivity index (χ0n) is 12.3. The molecule has 0 aliphatic heterocycles. The number of ketones is 1. The van der Waals surface area contributed by atoms with Crippen molar-refractivity contribution in [2.45, 2.75) is 59.5 Å². The number of benzene rings is 1. The van der Waals surface area contributed by atoms with Crippen molar-refractivity contribution in [2.75, 3.05) is 0 Å². The van der Waals surface area contributed by atoms with Crippen LogP contribution in [0.15, 0.2) is 18.2 Å². The van der Waals surface area contributed by atoms with E-state index in [1.54, 1.807) is 0 Å². The lowest BCUT2D eigenvalue weighted by atomic mass is 9.85. The predicted molar refractivity (Wildman–Crippen MR) is 75.3 cm³/mol. The summed E-state index contributed by atoms with van der Waals surface area (Å²) >= 11 is 0. The molecule has 0 aromatic heterocycles. The molecule has 1 rings (SSSR count). The summed E-state index contributed by atoms with van der Waals surface area (Å²) in [7, 11) is 0. The summed E-state index contributed by atoms with van der Waals surface area (Å²) < 4.78 is 5.83. The monoisotopic (exact) mass is 248 g/mol. The van der Waals surface area contributed by atoms with E-state index in [1.807, 2.05) is 26.0 Å². The van der Waals surface area contributed by atoms with Crippen LogP contribution in [0.1, 0.15) is 52.2 Å². The van der Waals surface area contributed by atoms with Crippen LogP contribution >= 0.6 is 0 Å². The smallest absolute Gasteiger partial charge is 0.172 e. The van der Waals surface area contributed by atoms with Gasteiger partial charge in [-0.3, -0.25) is 4.79 Å². The highest BCUT2D eigenvalue weighted by molar-refractivity contribution is 5.82. The van der Waals surface area contributed by atoms with Gasteiger partial charge in [-0.15, -0.1) is 0 Å². The van der Waals surface area contributed by atoms with Gasteiger partial charge in [0.15, 0.2) is 11.9 Å². The number of Topliss-reactive ketones (excluding diaryl/α,β-unsaturated/α-hetero) is 1. The first-order valence-corrected chi connectivity index (χ1v) is 6.56. The predicted octanol–water partition coefficient (Wildman–Crippen LogP) is 4.04. The van der Waals surface area contributed by atoms with E-state index in [2.05, 4.69) is 33.8 Å². The lowest BCUT2D eigenvalue weighted by Crippen LogP contribution is -2.24. The standard InChI is InChI=1S/C16H24O2/c1-7-14(17)12(3)18-15-9-8-11(2)10-13(15)16(4,5)6/h8-10,12H,7H2,1-6H3. The number of carbonyl (C=O) groups excluding carboxylic acids is 1. The Kier molecular flexibility index (Phi) is 4.55. The molecule has 1 aromatic carbocycles. The fraction of sp³-hybridized carbons (Fsp3) is 0.562. The third-order valence-electron chi connectivity index (χ3n) is 3.05. The minimum absolute atomic E-state index is 0.0103. The number of hydrogen-bond donors (Lipinski definition) is 0. The summed E-state index contributed by atoms with van der Waals surface area (Å²) in [6.45, 7) is 12.2. The Labute approximate surface area is 110 Å². The Hall–Kier alpha value is -1.31. The molecule has 0 heterocycles. The van der Waals surface area contributed by atoms with Gasteiger partial charge >= 0.3 is 0 Å². The summed E-state index contributed by atoms with van der Waals surface area (Å²) in [4.78, 5) is 11.6. The lowest BCUT2D eigenvalue weighted by molar-refractivity contribution is -0.124. The van der Waals surface area contributed by atoms with Crippen LogP contribution in [0.25, 0.3) is 0 Å². The number of carbonyl (C=O) groups is 1. The molecule has 0 aliphatic rings. The highest BCUT2D eigenvalue weighted by atomic mass is 16.5. The van der Waals surface area contributed by atoms with Crippen LogP contribution in [0.4, 0.5) is 0 Å². The van der Waals surface area contributed by atoms with Gasteiger partial charge in [-0.2, -0.15) is 0 Å². The highest BCUT2D eigenvalue weighted by Gasteiger charge is 2.21. The van der Waals surface area contributed by atoms with Crippen molar-refractivity contribution in [1.82, 2.24) is 0 Å². The van der Waals surface area contributed by atoms with Crippen molar-refractivity contribution >= 4 is 5.78 Å². The van der Waals surface area contributed by atoms with Crippen molar-refractivity contribution in [2.24, 2.45) is 0 Å². The second kappa shape index (κ2) is 5.55. The molecule has 0 N–H and O–H groups in total. The van der Waals surface area contributed by atoms with Gasteiger partial charge in [0.25, 0.3) is 0 Å². The second-order valence-corrected chi connectivity index (χ2v) is 5.83. The van der Waals surface area contributed by atoms with Gasteiger partial charge in [-0.25, -0.2) is 0 Å². The molecule has 0 bridgehead atoms. The molecular formula is C16H24O2. The Morgan fingerprint density at radius 2 is 1.94 bits per heavy atom. The fourth-order valence-corrected chi connectivity index (χ4v) is 1.88. The molecule has 0 radical (unpaired) electrons. The summed E-state index contributed by atoms with van der Waals surface area (Å²) in [6, 6.07) is 6.13. The maximum absolute atomic E-state index is 11.6. The van der Waals surface area contributed by atoms with Gasteiger partial charge in [0.1, 0.15) is 5.75 Å². The van der Waals surface area contributed by atoms with Crippen LogP contribution in [0.3, 0.4) is 0 Å². The van der Waals surface area contributed by atoms with E-state index >= 15 is 0 Å². The second-order valence-electron chi connectivity index (χ2n) is 5.83. The fourth-order valence-electron chi connectivity index (χ4n) is 1.88. The molecule has 0 amide bonds. The molecule has 0 saturated heterocycles. The van der Waals surface area contributed by atoms with E-state index in [1.165, 1.54) is 5.56 Å². The van der Waals surface area contributed by atoms with Crippen molar-refractivity contribution in [1.29, 1.82) is 0 Å². The summed E-state index contributed by atoms with van der Waals surface area (Å²) in [5, 5.41) is 0. The van der Waals surface area contributed by atoms with Crippen molar-refractivity contribution in [3.05, 3.63) is 29.3 Å². The van der Waals surface area contributed by atoms with Gasteiger partial charge in [0, 0.05) is 6.42 Å². The summed E-state index contributed by atoms with van der Waals surface area (Å²) in [6.07, 6.45) is 0.136. The molecule has 0 fully saturated rings. The van der Waals surface area contributed by atoms with Crippen LogP contribution in [0.2, 0.25) is 0 Å². The van der Waals surface area contributed by atoms with E-state index in [0.29, 0.717) is 6.42 Å². The third-order valence-corrected chi connectivity index (χ3v) is 3.05. The van der Waals surface area contributed by atoms with Crippen LogP contribution in [0.5, 0.6) is 5.75 Å². The molecule has 1 unspecified atom stereocenters. The van der Waals surface area contributed by atoms with Crippen LogP contribution < -0.4 is 4.74 Å². The number of hydrogen-bond acceptors (Lipinski definition) is 2. The summed E-state index contributed by atoms with van der Waals surface area (Å²) in [5.41, 5.74) is 2.37. The maximum atomic E-state index is 11.6. The number of ether oxygens (including phenoxy) is 1.